The van der Waals surface area contributed by atoms with Gasteiger partial charge in [-0.15, -0.1) is 0 Å². The molecule has 3 N–H and O–H groups in total. The Morgan fingerprint density at radius 1 is 1.00 bits per heavy atom. The Morgan fingerprint density at radius 3 is 2.45 bits per heavy atom. The highest BCUT2D eigenvalue weighted by atomic mass is 32.2. The summed E-state index contributed by atoms with van der Waals surface area (Å²) in [6.45, 7) is 5.86. The fourth-order valence-electron chi connectivity index (χ4n) is 5.08. The Hall–Kier alpha value is -2.63. The van der Waals surface area contributed by atoms with E-state index in [2.05, 4.69) is 21.9 Å². The van der Waals surface area contributed by atoms with Gasteiger partial charge in [0.15, 0.2) is 0 Å². The molecule has 1 unspecified atom stereocenters. The van der Waals surface area contributed by atoms with Gasteiger partial charge in [-0.2, -0.15) is 0 Å². The van der Waals surface area contributed by atoms with Crippen molar-refractivity contribution in [2.45, 2.75) is 50.3 Å². The third kappa shape index (κ3) is 6.86. The van der Waals surface area contributed by atoms with Gasteiger partial charge in [-0.05, 0) is 54.8 Å². The van der Waals surface area contributed by atoms with Crippen LogP contribution in [-0.2, 0) is 26.2 Å². The molecule has 0 bridgehead atoms. The van der Waals surface area contributed by atoms with Crippen molar-refractivity contribution < 1.29 is 17.4 Å². The van der Waals surface area contributed by atoms with E-state index in [1.165, 1.54) is 0 Å². The molecule has 0 spiro atoms. The van der Waals surface area contributed by atoms with Crippen molar-refractivity contribution in [3.63, 3.8) is 0 Å². The van der Waals surface area contributed by atoms with Gasteiger partial charge in [0.25, 0.3) is 5.91 Å². The molecular weight excluding hydrogens is 522 g/mol. The van der Waals surface area contributed by atoms with E-state index in [1.807, 2.05) is 12.1 Å². The van der Waals surface area contributed by atoms with E-state index in [0.29, 0.717) is 29.2 Å². The molecule has 4 rings (SSSR count). The zero-order valence-corrected chi connectivity index (χ0v) is 23.9. The van der Waals surface area contributed by atoms with Crippen molar-refractivity contribution in [3.8, 4) is 0 Å². The Balaban J connectivity index is 1.58. The standard InChI is InChI=1S/C27H39N5O4S2/c1-3-4-5-6-7-18-38(28,36)23-9-11-26-21(19-23)12-15-32(26)27(33)24-20-22(31-16-13-29-14-17-31)8-10-25(24)30-37(2,34)35/h8-11,19-20,28-30H,3-7,12-18H2,1-2H3. The van der Waals surface area contributed by atoms with Gasteiger partial charge in [0, 0.05) is 54.7 Å². The van der Waals surface area contributed by atoms with Crippen molar-refractivity contribution in [2.24, 2.45) is 0 Å². The molecule has 9 nitrogen and oxygen atoms in total. The zero-order valence-electron chi connectivity index (χ0n) is 22.3. The van der Waals surface area contributed by atoms with Gasteiger partial charge in [0.1, 0.15) is 0 Å². The summed E-state index contributed by atoms with van der Waals surface area (Å²) < 4.78 is 48.2. The number of amides is 1. The van der Waals surface area contributed by atoms with E-state index >= 15 is 0 Å². The van der Waals surface area contributed by atoms with Crippen LogP contribution in [0.25, 0.3) is 0 Å². The van der Waals surface area contributed by atoms with Crippen LogP contribution in [-0.4, -0.2) is 63.3 Å². The monoisotopic (exact) mass is 561 g/mol. The summed E-state index contributed by atoms with van der Waals surface area (Å²) in [5.41, 5.74) is 3.02. The van der Waals surface area contributed by atoms with Crippen molar-refractivity contribution in [1.82, 2.24) is 5.32 Å². The molecule has 1 fully saturated rings. The summed E-state index contributed by atoms with van der Waals surface area (Å²) >= 11 is 0. The molecule has 2 aliphatic heterocycles. The lowest BCUT2D eigenvalue weighted by Gasteiger charge is -2.30. The van der Waals surface area contributed by atoms with Crippen molar-refractivity contribution in [2.75, 3.05) is 59.3 Å². The molecule has 0 aromatic heterocycles. The SMILES string of the molecule is CCCCCCCS(=N)(=O)c1ccc2c(c1)CCN2C(=O)c1cc(N2CCNCC2)ccc1NS(C)(=O)=O. The Labute approximate surface area is 227 Å². The summed E-state index contributed by atoms with van der Waals surface area (Å²) in [5, 5.41) is 3.31. The predicted molar refractivity (Wildman–Crippen MR) is 155 cm³/mol. The molecule has 2 aliphatic rings. The zero-order chi connectivity index (χ0) is 27.3. The second-order valence-electron chi connectivity index (χ2n) is 10.1. The van der Waals surface area contributed by atoms with Crippen molar-refractivity contribution in [1.29, 1.82) is 4.78 Å². The number of fused-ring (bicyclic) bond motifs is 1. The lowest BCUT2D eigenvalue weighted by atomic mass is 10.1. The van der Waals surface area contributed by atoms with Crippen molar-refractivity contribution in [3.05, 3.63) is 47.5 Å². The van der Waals surface area contributed by atoms with Gasteiger partial charge in [-0.1, -0.05) is 32.6 Å². The number of carbonyl (C=O) groups excluding carboxylic acids is 1. The number of anilines is 3. The molecule has 208 valence electrons. The van der Waals surface area contributed by atoms with Crippen LogP contribution < -0.4 is 19.8 Å². The molecule has 0 saturated carbocycles. The number of carbonyl (C=O) groups is 1. The smallest absolute Gasteiger partial charge is 0.260 e. The van der Waals surface area contributed by atoms with E-state index in [-0.39, 0.29) is 11.6 Å². The average Bonchev–Trinajstić information content (AvgIpc) is 3.31. The van der Waals surface area contributed by atoms with Gasteiger partial charge in [-0.3, -0.25) is 9.52 Å². The van der Waals surface area contributed by atoms with Gasteiger partial charge < -0.3 is 15.1 Å². The van der Waals surface area contributed by atoms with Gasteiger partial charge >= 0.3 is 0 Å². The number of nitrogens with one attached hydrogen (secondary N) is 3. The molecule has 1 saturated heterocycles. The fraction of sp³-hybridized carbons (Fsp3) is 0.519. The highest BCUT2D eigenvalue weighted by molar-refractivity contribution is 7.92. The van der Waals surface area contributed by atoms with Gasteiger partial charge in [0.2, 0.25) is 10.0 Å². The van der Waals surface area contributed by atoms with Gasteiger partial charge in [0.05, 0.1) is 27.2 Å². The van der Waals surface area contributed by atoms with Crippen LogP contribution in [0.3, 0.4) is 0 Å². The van der Waals surface area contributed by atoms with Crippen LogP contribution in [0, 0.1) is 4.78 Å². The average molecular weight is 562 g/mol. The molecule has 0 aliphatic carbocycles. The number of unbranched alkanes of at least 4 members (excludes halogenated alkanes) is 4. The Bertz CT molecular complexity index is 1370. The number of benzene rings is 2. The molecule has 0 radical (unpaired) electrons. The highest BCUT2D eigenvalue weighted by Crippen LogP contribution is 2.34. The predicted octanol–water partition coefficient (Wildman–Crippen LogP) is 4.05. The van der Waals surface area contributed by atoms with E-state index in [0.717, 1.165) is 81.5 Å². The summed E-state index contributed by atoms with van der Waals surface area (Å²) in [4.78, 5) is 18.2. The van der Waals surface area contributed by atoms with Crippen LogP contribution in [0.4, 0.5) is 17.1 Å². The quantitative estimate of drug-likeness (QED) is 0.356. The minimum atomic E-state index is -3.59. The molecule has 2 aromatic rings. The second kappa shape index (κ2) is 12.0. The summed E-state index contributed by atoms with van der Waals surface area (Å²) in [6.07, 6.45) is 6.80. The second-order valence-corrected chi connectivity index (χ2v) is 14.1. The van der Waals surface area contributed by atoms with Crippen LogP contribution in [0.15, 0.2) is 41.3 Å². The lowest BCUT2D eigenvalue weighted by Crippen LogP contribution is -2.43. The summed E-state index contributed by atoms with van der Waals surface area (Å²) in [5.74, 6) is 0.0551. The topological polar surface area (TPSA) is 123 Å². The van der Waals surface area contributed by atoms with Crippen LogP contribution in [0.1, 0.15) is 54.9 Å². The first-order chi connectivity index (χ1) is 18.1. The number of rotatable bonds is 11. The number of sulfonamides is 1. The fourth-order valence-corrected chi connectivity index (χ4v) is 7.13. The van der Waals surface area contributed by atoms with Crippen LogP contribution in [0.2, 0.25) is 0 Å². The van der Waals surface area contributed by atoms with E-state index in [9.17, 15) is 17.4 Å². The lowest BCUT2D eigenvalue weighted by molar-refractivity contribution is 0.0990. The Kier molecular flexibility index (Phi) is 9.00. The molecule has 38 heavy (non-hydrogen) atoms. The minimum Gasteiger partial charge on any atom is -0.369 e. The first-order valence-electron chi connectivity index (χ1n) is 13.4. The summed E-state index contributed by atoms with van der Waals surface area (Å²) in [6, 6.07) is 10.6. The normalized spacial score (nSPS) is 17.2. The summed E-state index contributed by atoms with van der Waals surface area (Å²) in [7, 11) is -6.48. The molecular formula is C27H39N5O4S2. The molecule has 1 atom stereocenters. The van der Waals surface area contributed by atoms with E-state index in [1.54, 1.807) is 29.2 Å². The van der Waals surface area contributed by atoms with Crippen LogP contribution in [0.5, 0.6) is 0 Å². The molecule has 2 heterocycles. The highest BCUT2D eigenvalue weighted by Gasteiger charge is 2.29. The molecule has 11 heteroatoms. The first-order valence-corrected chi connectivity index (χ1v) is 17.0. The largest absolute Gasteiger partial charge is 0.369 e. The van der Waals surface area contributed by atoms with E-state index in [4.69, 9.17) is 4.78 Å². The number of hydrogen-bond acceptors (Lipinski definition) is 7. The maximum Gasteiger partial charge on any atom is 0.260 e. The third-order valence-electron chi connectivity index (χ3n) is 7.12. The third-order valence-corrected chi connectivity index (χ3v) is 9.59. The maximum absolute atomic E-state index is 13.8. The number of piperazine rings is 1. The minimum absolute atomic E-state index is 0.249. The Morgan fingerprint density at radius 2 is 1.74 bits per heavy atom. The first kappa shape index (κ1) is 28.4. The van der Waals surface area contributed by atoms with Crippen molar-refractivity contribution >= 4 is 42.7 Å². The number of hydrogen-bond donors (Lipinski definition) is 3. The number of nitrogens with zero attached hydrogens (tertiary/aromatic N) is 2. The maximum atomic E-state index is 13.8. The molecule has 2 aromatic carbocycles. The molecule has 1 amide bonds. The van der Waals surface area contributed by atoms with Gasteiger partial charge in [-0.25, -0.2) is 17.4 Å². The van der Waals surface area contributed by atoms with E-state index < -0.39 is 19.8 Å². The van der Waals surface area contributed by atoms with Crippen LogP contribution >= 0.6 is 0 Å².